The van der Waals surface area contributed by atoms with Gasteiger partial charge in [0.05, 0.1) is 6.07 Å². The molecule has 86 valence electrons. The Kier molecular flexibility index (Phi) is 3.24. The van der Waals surface area contributed by atoms with E-state index in [1.165, 1.54) is 0 Å². The fraction of sp³-hybridized carbons (Fsp3) is 0.286. The molecule has 0 radical (unpaired) electrons. The average Bonchev–Trinajstić information content (AvgIpc) is 2.39. The molecular weight excluding hydrogens is 212 g/mol. The molecule has 0 atom stereocenters. The number of Topliss-reactive ketones (excluding diaryl/α,β-unsaturated/α-hetero) is 1. The van der Waals surface area contributed by atoms with Gasteiger partial charge in [-0.05, 0) is 25.5 Å². The van der Waals surface area contributed by atoms with Crippen molar-refractivity contribution in [2.45, 2.75) is 13.3 Å². The molecule has 1 aliphatic heterocycles. The highest BCUT2D eigenvalue weighted by molar-refractivity contribution is 5.95. The molecule has 0 N–H and O–H groups in total. The number of hydrogen-bond acceptors (Lipinski definition) is 3. The van der Waals surface area contributed by atoms with Gasteiger partial charge in [-0.25, -0.2) is 0 Å². The predicted molar refractivity (Wildman–Crippen MR) is 67.0 cm³/mol. The lowest BCUT2D eigenvalue weighted by atomic mass is 10.1. The predicted octanol–water partition coefficient (Wildman–Crippen LogP) is 2.55. The second kappa shape index (κ2) is 4.84. The van der Waals surface area contributed by atoms with E-state index in [0.29, 0.717) is 0 Å². The lowest BCUT2D eigenvalue weighted by Gasteiger charge is -2.27. The summed E-state index contributed by atoms with van der Waals surface area (Å²) in [6, 6.07) is 9.82. The third kappa shape index (κ3) is 2.54. The molecule has 0 fully saturated rings. The maximum atomic E-state index is 11.3. The van der Waals surface area contributed by atoms with Crippen molar-refractivity contribution in [3.8, 4) is 6.07 Å². The second-order valence-corrected chi connectivity index (χ2v) is 4.14. The highest BCUT2D eigenvalue weighted by atomic mass is 16.1. The van der Waals surface area contributed by atoms with Crippen molar-refractivity contribution >= 4 is 11.5 Å². The second-order valence-electron chi connectivity index (χ2n) is 4.14. The molecule has 0 saturated carbocycles. The van der Waals surface area contributed by atoms with Crippen LogP contribution in [0.2, 0.25) is 0 Å². The summed E-state index contributed by atoms with van der Waals surface area (Å²) < 4.78 is 0. The molecule has 0 unspecified atom stereocenters. The molecule has 2 rings (SSSR count). The number of rotatable bonds is 2. The highest BCUT2D eigenvalue weighted by Crippen LogP contribution is 2.20. The first-order valence-electron chi connectivity index (χ1n) is 5.66. The Hall–Kier alpha value is -2.08. The number of carbonyl (C=O) groups is 1. The van der Waals surface area contributed by atoms with Crippen LogP contribution in [-0.2, 0) is 0 Å². The first kappa shape index (κ1) is 11.4. The Morgan fingerprint density at radius 2 is 2.29 bits per heavy atom. The molecule has 1 aromatic rings. The first-order valence-corrected chi connectivity index (χ1v) is 5.66. The fourth-order valence-corrected chi connectivity index (χ4v) is 1.93. The van der Waals surface area contributed by atoms with Crippen molar-refractivity contribution in [2.24, 2.45) is 0 Å². The van der Waals surface area contributed by atoms with Gasteiger partial charge in [0.15, 0.2) is 5.78 Å². The molecule has 0 aliphatic carbocycles. The van der Waals surface area contributed by atoms with Crippen molar-refractivity contribution in [1.29, 1.82) is 5.26 Å². The first-order chi connectivity index (χ1) is 8.20. The van der Waals surface area contributed by atoms with Gasteiger partial charge >= 0.3 is 0 Å². The number of anilines is 1. The van der Waals surface area contributed by atoms with Crippen LogP contribution >= 0.6 is 0 Å². The van der Waals surface area contributed by atoms with E-state index in [-0.39, 0.29) is 5.78 Å². The smallest absolute Gasteiger partial charge is 0.159 e. The highest BCUT2D eigenvalue weighted by Gasteiger charge is 2.12. The molecule has 17 heavy (non-hydrogen) atoms. The molecule has 0 spiro atoms. The van der Waals surface area contributed by atoms with Crippen LogP contribution in [0.15, 0.2) is 35.9 Å². The summed E-state index contributed by atoms with van der Waals surface area (Å²) in [6.07, 6.45) is 2.73. The standard InChI is InChI=1S/C14H14N2O/c1-11(17)13-3-2-4-14(9-13)16-7-5-12(10-15)6-8-16/h2-5,9H,6-8H2,1H3. The molecule has 1 heterocycles. The van der Waals surface area contributed by atoms with Gasteiger partial charge in [0.25, 0.3) is 0 Å². The zero-order valence-electron chi connectivity index (χ0n) is 9.81. The summed E-state index contributed by atoms with van der Waals surface area (Å²) in [5.41, 5.74) is 2.63. The molecule has 0 amide bonds. The Labute approximate surface area is 101 Å². The minimum absolute atomic E-state index is 0.0807. The van der Waals surface area contributed by atoms with Crippen LogP contribution in [0.1, 0.15) is 23.7 Å². The van der Waals surface area contributed by atoms with Crippen molar-refractivity contribution < 1.29 is 4.79 Å². The third-order valence-corrected chi connectivity index (χ3v) is 2.97. The van der Waals surface area contributed by atoms with Crippen molar-refractivity contribution in [3.63, 3.8) is 0 Å². The number of benzene rings is 1. The Bertz CT molecular complexity index is 511. The maximum absolute atomic E-state index is 11.3. The average molecular weight is 226 g/mol. The Balaban J connectivity index is 2.19. The summed E-state index contributed by atoms with van der Waals surface area (Å²) >= 11 is 0. The quantitative estimate of drug-likeness (QED) is 0.728. The number of ketones is 1. The van der Waals surface area contributed by atoms with E-state index in [1.807, 2.05) is 30.3 Å². The van der Waals surface area contributed by atoms with Crippen molar-refractivity contribution in [2.75, 3.05) is 18.0 Å². The molecular formula is C14H14N2O. The van der Waals surface area contributed by atoms with Gasteiger partial charge in [0, 0.05) is 29.9 Å². The minimum Gasteiger partial charge on any atom is -0.367 e. The van der Waals surface area contributed by atoms with E-state index in [1.54, 1.807) is 6.92 Å². The van der Waals surface area contributed by atoms with Crippen molar-refractivity contribution in [3.05, 3.63) is 41.5 Å². The number of carbonyl (C=O) groups excluding carboxylic acids is 1. The summed E-state index contributed by atoms with van der Waals surface area (Å²) in [7, 11) is 0. The van der Waals surface area contributed by atoms with Crippen LogP contribution in [0, 0.1) is 11.3 Å². The number of hydrogen-bond donors (Lipinski definition) is 0. The molecule has 3 nitrogen and oxygen atoms in total. The summed E-state index contributed by atoms with van der Waals surface area (Å²) in [5, 5.41) is 8.78. The lowest BCUT2D eigenvalue weighted by Crippen LogP contribution is -2.28. The van der Waals surface area contributed by atoms with Crippen LogP contribution in [0.25, 0.3) is 0 Å². The van der Waals surface area contributed by atoms with Gasteiger partial charge in [-0.1, -0.05) is 18.2 Å². The third-order valence-electron chi connectivity index (χ3n) is 2.97. The van der Waals surface area contributed by atoms with E-state index in [4.69, 9.17) is 5.26 Å². The van der Waals surface area contributed by atoms with E-state index < -0.39 is 0 Å². The summed E-state index contributed by atoms with van der Waals surface area (Å²) in [4.78, 5) is 13.5. The van der Waals surface area contributed by atoms with E-state index >= 15 is 0 Å². The monoisotopic (exact) mass is 226 g/mol. The van der Waals surface area contributed by atoms with Gasteiger partial charge in [0.1, 0.15) is 0 Å². The largest absolute Gasteiger partial charge is 0.367 e. The summed E-state index contributed by atoms with van der Waals surface area (Å²) in [5.74, 6) is 0.0807. The maximum Gasteiger partial charge on any atom is 0.159 e. The Morgan fingerprint density at radius 1 is 1.47 bits per heavy atom. The normalized spacial score (nSPS) is 15.1. The van der Waals surface area contributed by atoms with Gasteiger partial charge in [-0.15, -0.1) is 0 Å². The molecule has 0 saturated heterocycles. The van der Waals surface area contributed by atoms with E-state index in [0.717, 1.165) is 36.3 Å². The van der Waals surface area contributed by atoms with Crippen LogP contribution in [0.3, 0.4) is 0 Å². The fourth-order valence-electron chi connectivity index (χ4n) is 1.93. The van der Waals surface area contributed by atoms with Crippen LogP contribution in [0.4, 0.5) is 5.69 Å². The summed E-state index contributed by atoms with van der Waals surface area (Å²) in [6.45, 7) is 3.15. The van der Waals surface area contributed by atoms with Crippen LogP contribution < -0.4 is 4.90 Å². The van der Waals surface area contributed by atoms with E-state index in [9.17, 15) is 4.79 Å². The zero-order chi connectivity index (χ0) is 12.3. The minimum atomic E-state index is 0.0807. The van der Waals surface area contributed by atoms with E-state index in [2.05, 4.69) is 11.0 Å². The van der Waals surface area contributed by atoms with Gasteiger partial charge < -0.3 is 4.90 Å². The number of nitriles is 1. The molecule has 3 heteroatoms. The van der Waals surface area contributed by atoms with Crippen LogP contribution in [0.5, 0.6) is 0 Å². The molecule has 1 aliphatic rings. The van der Waals surface area contributed by atoms with Crippen LogP contribution in [-0.4, -0.2) is 18.9 Å². The van der Waals surface area contributed by atoms with Crippen molar-refractivity contribution in [1.82, 2.24) is 0 Å². The SMILES string of the molecule is CC(=O)c1cccc(N2CC=C(C#N)CC2)c1. The topological polar surface area (TPSA) is 44.1 Å². The molecule has 0 aromatic heterocycles. The Morgan fingerprint density at radius 3 is 2.88 bits per heavy atom. The lowest BCUT2D eigenvalue weighted by molar-refractivity contribution is 0.101. The molecule has 0 bridgehead atoms. The van der Waals surface area contributed by atoms with Gasteiger partial charge in [-0.3, -0.25) is 4.79 Å². The van der Waals surface area contributed by atoms with Gasteiger partial charge in [-0.2, -0.15) is 5.26 Å². The number of nitrogens with zero attached hydrogens (tertiary/aromatic N) is 2. The molecule has 1 aromatic carbocycles. The van der Waals surface area contributed by atoms with Gasteiger partial charge in [0.2, 0.25) is 0 Å². The zero-order valence-corrected chi connectivity index (χ0v) is 9.81.